The Balaban J connectivity index is 2.39. The highest BCUT2D eigenvalue weighted by atomic mass is 32.1. The van der Waals surface area contributed by atoms with E-state index in [2.05, 4.69) is 22.2 Å². The third-order valence-electron chi connectivity index (χ3n) is 3.48. The van der Waals surface area contributed by atoms with Crippen LogP contribution in [-0.4, -0.2) is 29.1 Å². The van der Waals surface area contributed by atoms with Gasteiger partial charge in [-0.15, -0.1) is 11.3 Å². The summed E-state index contributed by atoms with van der Waals surface area (Å²) < 4.78 is 5.14. The number of hydrogen-bond acceptors (Lipinski definition) is 5. The van der Waals surface area contributed by atoms with Crippen LogP contribution in [0.25, 0.3) is 11.4 Å². The fraction of sp³-hybridized carbons (Fsp3) is 0.500. The van der Waals surface area contributed by atoms with Crippen LogP contribution < -0.4 is 5.32 Å². The first kappa shape index (κ1) is 16.5. The highest BCUT2D eigenvalue weighted by molar-refractivity contribution is 7.16. The Bertz CT molecular complexity index is 673. The lowest BCUT2D eigenvalue weighted by Crippen LogP contribution is -2.06. The molecular formula is C16H23N3O2S. The van der Waals surface area contributed by atoms with Gasteiger partial charge in [0.25, 0.3) is 0 Å². The lowest BCUT2D eigenvalue weighted by molar-refractivity contribution is 0.0525. The van der Waals surface area contributed by atoms with Crippen LogP contribution >= 0.6 is 11.3 Å². The molecule has 2 aromatic rings. The number of aromatic nitrogens is 2. The third-order valence-corrected chi connectivity index (χ3v) is 4.41. The van der Waals surface area contributed by atoms with Gasteiger partial charge in [-0.25, -0.2) is 9.78 Å². The van der Waals surface area contributed by atoms with E-state index in [1.807, 2.05) is 27.7 Å². The second kappa shape index (κ2) is 6.96. The summed E-state index contributed by atoms with van der Waals surface area (Å²) >= 11 is 1.63. The Labute approximate surface area is 135 Å². The number of rotatable bonds is 6. The minimum absolute atomic E-state index is 0.280. The number of H-pyrrole nitrogens is 1. The molecule has 0 saturated heterocycles. The van der Waals surface area contributed by atoms with E-state index in [0.717, 1.165) is 45.6 Å². The molecule has 0 amide bonds. The molecular weight excluding hydrogens is 298 g/mol. The van der Waals surface area contributed by atoms with Crippen LogP contribution in [0, 0.1) is 20.8 Å². The van der Waals surface area contributed by atoms with Crippen molar-refractivity contribution in [1.29, 1.82) is 0 Å². The van der Waals surface area contributed by atoms with Crippen molar-refractivity contribution in [2.75, 3.05) is 18.5 Å². The monoisotopic (exact) mass is 321 g/mol. The topological polar surface area (TPSA) is 67.0 Å². The Morgan fingerprint density at radius 3 is 2.68 bits per heavy atom. The number of nitrogens with one attached hydrogen (secondary N) is 2. The number of aromatic amines is 1. The van der Waals surface area contributed by atoms with Crippen molar-refractivity contribution in [1.82, 2.24) is 9.97 Å². The standard InChI is InChI=1S/C16H23N3O2S/c1-6-8-17-16-19-14(11(5)22-16)13-9(3)12(10(4)18-13)15(20)21-7-2/h18H,6-8H2,1-5H3,(H,17,19). The number of thiazole rings is 1. The maximum absolute atomic E-state index is 12.1. The van der Waals surface area contributed by atoms with Crippen LogP contribution in [0.15, 0.2) is 0 Å². The summed E-state index contributed by atoms with van der Waals surface area (Å²) in [4.78, 5) is 21.2. The van der Waals surface area contributed by atoms with Crippen molar-refractivity contribution in [2.24, 2.45) is 0 Å². The molecule has 0 unspecified atom stereocenters. The molecule has 0 radical (unpaired) electrons. The number of anilines is 1. The highest BCUT2D eigenvalue weighted by Crippen LogP contribution is 2.34. The number of ether oxygens (including phenoxy) is 1. The first-order valence-electron chi connectivity index (χ1n) is 7.57. The average molecular weight is 321 g/mol. The molecule has 0 fully saturated rings. The molecule has 0 atom stereocenters. The van der Waals surface area contributed by atoms with Gasteiger partial charge < -0.3 is 15.0 Å². The molecule has 0 aliphatic rings. The number of carbonyl (C=O) groups is 1. The fourth-order valence-corrected chi connectivity index (χ4v) is 3.28. The molecule has 0 aliphatic carbocycles. The average Bonchev–Trinajstić information content (AvgIpc) is 2.97. The summed E-state index contributed by atoms with van der Waals surface area (Å²) in [5.74, 6) is -0.280. The van der Waals surface area contributed by atoms with E-state index >= 15 is 0 Å². The van der Waals surface area contributed by atoms with Gasteiger partial charge in [-0.3, -0.25) is 0 Å². The number of hydrogen-bond donors (Lipinski definition) is 2. The van der Waals surface area contributed by atoms with Crippen molar-refractivity contribution >= 4 is 22.4 Å². The second-order valence-electron chi connectivity index (χ2n) is 5.20. The first-order valence-corrected chi connectivity index (χ1v) is 8.39. The van der Waals surface area contributed by atoms with Crippen LogP contribution in [0.5, 0.6) is 0 Å². The van der Waals surface area contributed by atoms with Crippen molar-refractivity contribution < 1.29 is 9.53 Å². The Hall–Kier alpha value is -1.82. The van der Waals surface area contributed by atoms with Crippen LogP contribution in [0.3, 0.4) is 0 Å². The van der Waals surface area contributed by atoms with Crippen molar-refractivity contribution in [2.45, 2.75) is 41.0 Å². The largest absolute Gasteiger partial charge is 0.462 e. The van der Waals surface area contributed by atoms with E-state index in [1.165, 1.54) is 0 Å². The highest BCUT2D eigenvalue weighted by Gasteiger charge is 2.22. The van der Waals surface area contributed by atoms with Crippen LogP contribution in [-0.2, 0) is 4.74 Å². The molecule has 2 aromatic heterocycles. The Kier molecular flexibility index (Phi) is 5.24. The Morgan fingerprint density at radius 1 is 1.32 bits per heavy atom. The van der Waals surface area contributed by atoms with E-state index in [9.17, 15) is 4.79 Å². The molecule has 22 heavy (non-hydrogen) atoms. The van der Waals surface area contributed by atoms with E-state index < -0.39 is 0 Å². The lowest BCUT2D eigenvalue weighted by atomic mass is 10.1. The minimum atomic E-state index is -0.280. The van der Waals surface area contributed by atoms with Gasteiger partial charge in [0, 0.05) is 17.1 Å². The smallest absolute Gasteiger partial charge is 0.340 e. The number of esters is 1. The Morgan fingerprint density at radius 2 is 2.05 bits per heavy atom. The summed E-state index contributed by atoms with van der Waals surface area (Å²) in [5, 5.41) is 4.23. The zero-order chi connectivity index (χ0) is 16.3. The third kappa shape index (κ3) is 3.16. The zero-order valence-electron chi connectivity index (χ0n) is 13.8. The quantitative estimate of drug-likeness (QED) is 0.787. The summed E-state index contributed by atoms with van der Waals surface area (Å²) in [6.45, 7) is 11.1. The van der Waals surface area contributed by atoms with Crippen molar-refractivity contribution in [3.63, 3.8) is 0 Å². The van der Waals surface area contributed by atoms with E-state index in [-0.39, 0.29) is 5.97 Å². The van der Waals surface area contributed by atoms with Gasteiger partial charge in [0.2, 0.25) is 0 Å². The first-order chi connectivity index (χ1) is 10.5. The lowest BCUT2D eigenvalue weighted by Gasteiger charge is -2.02. The van der Waals surface area contributed by atoms with Crippen LogP contribution in [0.4, 0.5) is 5.13 Å². The molecule has 0 aromatic carbocycles. The molecule has 5 nitrogen and oxygen atoms in total. The second-order valence-corrected chi connectivity index (χ2v) is 6.40. The molecule has 2 rings (SSSR count). The van der Waals surface area contributed by atoms with Gasteiger partial charge in [-0.2, -0.15) is 0 Å². The van der Waals surface area contributed by atoms with Gasteiger partial charge in [-0.1, -0.05) is 6.92 Å². The molecule has 6 heteroatoms. The molecule has 120 valence electrons. The van der Waals surface area contributed by atoms with Crippen molar-refractivity contribution in [3.8, 4) is 11.4 Å². The number of carbonyl (C=O) groups excluding carboxylic acids is 1. The zero-order valence-corrected chi connectivity index (χ0v) is 14.6. The van der Waals surface area contributed by atoms with Gasteiger partial charge in [0.1, 0.15) is 5.69 Å². The summed E-state index contributed by atoms with van der Waals surface area (Å²) in [6, 6.07) is 0. The molecule has 0 aliphatic heterocycles. The predicted octanol–water partition coefficient (Wildman–Crippen LogP) is 4.06. The minimum Gasteiger partial charge on any atom is -0.462 e. The summed E-state index contributed by atoms with van der Waals surface area (Å²) in [6.07, 6.45) is 1.06. The predicted molar refractivity (Wildman–Crippen MR) is 90.8 cm³/mol. The van der Waals surface area contributed by atoms with E-state index in [4.69, 9.17) is 4.74 Å². The molecule has 0 spiro atoms. The van der Waals surface area contributed by atoms with Crippen LogP contribution in [0.2, 0.25) is 0 Å². The van der Waals surface area contributed by atoms with Gasteiger partial charge in [0.15, 0.2) is 5.13 Å². The fourth-order valence-electron chi connectivity index (χ4n) is 2.43. The molecule has 2 heterocycles. The van der Waals surface area contributed by atoms with Gasteiger partial charge >= 0.3 is 5.97 Å². The molecule has 0 bridgehead atoms. The molecule has 0 saturated carbocycles. The van der Waals surface area contributed by atoms with Crippen molar-refractivity contribution in [3.05, 3.63) is 21.7 Å². The van der Waals surface area contributed by atoms with E-state index in [0.29, 0.717) is 12.2 Å². The number of aryl methyl sites for hydroxylation is 2. The summed E-state index contributed by atoms with van der Waals surface area (Å²) in [5.41, 5.74) is 4.14. The van der Waals surface area contributed by atoms with Gasteiger partial charge in [-0.05, 0) is 39.7 Å². The maximum atomic E-state index is 12.1. The van der Waals surface area contributed by atoms with Crippen LogP contribution in [0.1, 0.15) is 46.8 Å². The maximum Gasteiger partial charge on any atom is 0.340 e. The SMILES string of the molecule is CCCNc1nc(-c2[nH]c(C)c(C(=O)OCC)c2C)c(C)s1. The summed E-state index contributed by atoms with van der Waals surface area (Å²) in [7, 11) is 0. The van der Waals surface area contributed by atoms with E-state index in [1.54, 1.807) is 11.3 Å². The molecule has 2 N–H and O–H groups in total. The van der Waals surface area contributed by atoms with Gasteiger partial charge in [0.05, 0.1) is 17.9 Å². The normalized spacial score (nSPS) is 10.8. The number of nitrogens with zero attached hydrogens (tertiary/aromatic N) is 1.